The fourth-order valence-electron chi connectivity index (χ4n) is 3.05. The lowest BCUT2D eigenvalue weighted by atomic mass is 10.1. The van der Waals surface area contributed by atoms with Gasteiger partial charge in [-0.15, -0.1) is 0 Å². The van der Waals surface area contributed by atoms with E-state index in [1.165, 1.54) is 0 Å². The van der Waals surface area contributed by atoms with Crippen LogP contribution in [0.3, 0.4) is 0 Å². The van der Waals surface area contributed by atoms with Crippen LogP contribution in [0.5, 0.6) is 11.5 Å². The van der Waals surface area contributed by atoms with E-state index in [4.69, 9.17) is 16.3 Å². The van der Waals surface area contributed by atoms with Crippen LogP contribution in [0, 0.1) is 0 Å². The molecule has 24 heavy (non-hydrogen) atoms. The number of halogens is 1. The quantitative estimate of drug-likeness (QED) is 0.780. The maximum Gasteiger partial charge on any atom is 0.153 e. The molecule has 1 N–H and O–H groups in total. The Morgan fingerprint density at radius 2 is 1.79 bits per heavy atom. The topological polar surface area (TPSA) is 37.4 Å². The van der Waals surface area contributed by atoms with Gasteiger partial charge in [-0.05, 0) is 30.3 Å². The van der Waals surface area contributed by atoms with E-state index in [1.807, 2.05) is 54.7 Å². The highest BCUT2D eigenvalue weighted by Gasteiger charge is 2.17. The molecule has 1 aromatic heterocycles. The fraction of sp³-hybridized carbons (Fsp3) is 0.211. The average Bonchev–Trinajstić information content (AvgIpc) is 2.65. The summed E-state index contributed by atoms with van der Waals surface area (Å²) in [6, 6.07) is 15.5. The van der Waals surface area contributed by atoms with E-state index in [9.17, 15) is 0 Å². The molecule has 0 atom stereocenters. The van der Waals surface area contributed by atoms with Crippen molar-refractivity contribution in [3.05, 3.63) is 59.8 Å². The predicted molar refractivity (Wildman–Crippen MR) is 98.4 cm³/mol. The molecular weight excluding hydrogens is 322 g/mol. The average molecular weight is 340 g/mol. The van der Waals surface area contributed by atoms with Gasteiger partial charge in [0.15, 0.2) is 5.75 Å². The van der Waals surface area contributed by atoms with Crippen LogP contribution in [-0.4, -0.2) is 31.2 Å². The number of anilines is 1. The molecule has 5 heteroatoms. The number of nitrogens with one attached hydrogen (secondary N) is 1. The third kappa shape index (κ3) is 2.90. The van der Waals surface area contributed by atoms with Crippen LogP contribution in [0.4, 0.5) is 5.69 Å². The molecule has 1 fully saturated rings. The fourth-order valence-corrected chi connectivity index (χ4v) is 3.30. The van der Waals surface area contributed by atoms with Crippen LogP contribution in [0.15, 0.2) is 54.7 Å². The second-order valence-electron chi connectivity index (χ2n) is 5.75. The molecule has 1 aliphatic heterocycles. The lowest BCUT2D eigenvalue weighted by Crippen LogP contribution is -2.43. The molecule has 0 unspecified atom stereocenters. The normalized spacial score (nSPS) is 14.8. The molecule has 1 aliphatic rings. The number of benzene rings is 2. The predicted octanol–water partition coefficient (Wildman–Crippen LogP) is 4.09. The molecule has 0 spiro atoms. The van der Waals surface area contributed by atoms with Crippen molar-refractivity contribution in [1.29, 1.82) is 0 Å². The Morgan fingerprint density at radius 1 is 1.00 bits per heavy atom. The van der Waals surface area contributed by atoms with Crippen LogP contribution < -0.4 is 15.0 Å². The summed E-state index contributed by atoms with van der Waals surface area (Å²) < 4.78 is 6.04. The maximum atomic E-state index is 6.52. The Kier molecular flexibility index (Phi) is 4.24. The Labute approximate surface area is 146 Å². The van der Waals surface area contributed by atoms with Crippen LogP contribution in [0.1, 0.15) is 0 Å². The maximum absolute atomic E-state index is 6.52. The van der Waals surface area contributed by atoms with E-state index in [0.29, 0.717) is 5.02 Å². The summed E-state index contributed by atoms with van der Waals surface area (Å²) in [5, 5.41) is 5.03. The van der Waals surface area contributed by atoms with Crippen molar-refractivity contribution in [3.8, 4) is 11.5 Å². The largest absolute Gasteiger partial charge is 0.455 e. The number of fused-ring (bicyclic) bond motifs is 1. The van der Waals surface area contributed by atoms with Crippen LogP contribution in [0.25, 0.3) is 10.9 Å². The number of rotatable bonds is 3. The number of aromatic nitrogens is 1. The van der Waals surface area contributed by atoms with E-state index < -0.39 is 0 Å². The molecule has 4 nitrogen and oxygen atoms in total. The van der Waals surface area contributed by atoms with Gasteiger partial charge in [-0.2, -0.15) is 0 Å². The Balaban J connectivity index is 1.81. The smallest absolute Gasteiger partial charge is 0.153 e. The van der Waals surface area contributed by atoms with Gasteiger partial charge < -0.3 is 15.0 Å². The SMILES string of the molecule is Clc1ccc(Oc2ccccc2)c2nccc(N3CCNCC3)c12. The van der Waals surface area contributed by atoms with Crippen molar-refractivity contribution in [1.82, 2.24) is 10.3 Å². The molecule has 4 rings (SSSR count). The summed E-state index contributed by atoms with van der Waals surface area (Å²) in [5.74, 6) is 1.51. The van der Waals surface area contributed by atoms with Gasteiger partial charge in [0.05, 0.1) is 5.02 Å². The summed E-state index contributed by atoms with van der Waals surface area (Å²) in [5.41, 5.74) is 1.91. The molecule has 3 aromatic rings. The van der Waals surface area contributed by atoms with Gasteiger partial charge in [0, 0.05) is 43.4 Å². The summed E-state index contributed by atoms with van der Waals surface area (Å²) in [4.78, 5) is 6.89. The minimum Gasteiger partial charge on any atom is -0.455 e. The van der Waals surface area contributed by atoms with Crippen molar-refractivity contribution in [2.75, 3.05) is 31.1 Å². The van der Waals surface area contributed by atoms with E-state index in [2.05, 4.69) is 15.2 Å². The molecule has 0 aliphatic carbocycles. The zero-order chi connectivity index (χ0) is 16.4. The lowest BCUT2D eigenvalue weighted by molar-refractivity contribution is 0.487. The summed E-state index contributed by atoms with van der Waals surface area (Å²) in [7, 11) is 0. The number of hydrogen-bond donors (Lipinski definition) is 1. The number of nitrogens with zero attached hydrogens (tertiary/aromatic N) is 2. The summed E-state index contributed by atoms with van der Waals surface area (Å²) in [6.07, 6.45) is 1.83. The number of piperazine rings is 1. The zero-order valence-electron chi connectivity index (χ0n) is 13.2. The van der Waals surface area contributed by atoms with Crippen LogP contribution >= 0.6 is 11.6 Å². The minimum atomic E-state index is 0.701. The summed E-state index contributed by atoms with van der Waals surface area (Å²) in [6.45, 7) is 3.86. The first-order valence-electron chi connectivity index (χ1n) is 8.09. The van der Waals surface area contributed by atoms with Gasteiger partial charge in [-0.25, -0.2) is 0 Å². The van der Waals surface area contributed by atoms with E-state index in [1.54, 1.807) is 0 Å². The highest BCUT2D eigenvalue weighted by molar-refractivity contribution is 6.36. The third-order valence-corrected chi connectivity index (χ3v) is 4.53. The molecule has 1 saturated heterocycles. The number of para-hydroxylation sites is 1. The van der Waals surface area contributed by atoms with Gasteiger partial charge in [0.25, 0.3) is 0 Å². The van der Waals surface area contributed by atoms with E-state index >= 15 is 0 Å². The Bertz CT molecular complexity index is 848. The number of hydrogen-bond acceptors (Lipinski definition) is 4. The Hall–Kier alpha value is -2.30. The molecule has 0 saturated carbocycles. The van der Waals surface area contributed by atoms with Crippen molar-refractivity contribution in [2.24, 2.45) is 0 Å². The second kappa shape index (κ2) is 6.67. The summed E-state index contributed by atoms with van der Waals surface area (Å²) >= 11 is 6.52. The van der Waals surface area contributed by atoms with Crippen molar-refractivity contribution in [2.45, 2.75) is 0 Å². The first-order chi connectivity index (χ1) is 11.8. The number of ether oxygens (including phenoxy) is 1. The van der Waals surface area contributed by atoms with Crippen molar-refractivity contribution >= 4 is 28.2 Å². The van der Waals surface area contributed by atoms with Crippen LogP contribution in [-0.2, 0) is 0 Å². The monoisotopic (exact) mass is 339 g/mol. The van der Waals surface area contributed by atoms with Gasteiger partial charge in [0.1, 0.15) is 11.3 Å². The van der Waals surface area contributed by atoms with Crippen LogP contribution in [0.2, 0.25) is 5.02 Å². The highest BCUT2D eigenvalue weighted by atomic mass is 35.5. The second-order valence-corrected chi connectivity index (χ2v) is 6.16. The first-order valence-corrected chi connectivity index (χ1v) is 8.46. The van der Waals surface area contributed by atoms with Gasteiger partial charge >= 0.3 is 0 Å². The van der Waals surface area contributed by atoms with E-state index in [0.717, 1.165) is 54.3 Å². The number of pyridine rings is 1. The van der Waals surface area contributed by atoms with Crippen molar-refractivity contribution < 1.29 is 4.74 Å². The molecule has 2 heterocycles. The Morgan fingerprint density at radius 3 is 2.58 bits per heavy atom. The molecule has 2 aromatic carbocycles. The van der Waals surface area contributed by atoms with Gasteiger partial charge in [0.2, 0.25) is 0 Å². The molecule has 0 amide bonds. The molecule has 0 bridgehead atoms. The van der Waals surface area contributed by atoms with Crippen molar-refractivity contribution in [3.63, 3.8) is 0 Å². The highest BCUT2D eigenvalue weighted by Crippen LogP contribution is 2.38. The molecular formula is C19H18ClN3O. The first kappa shape index (κ1) is 15.2. The standard InChI is InChI=1S/C19H18ClN3O/c20-15-6-7-17(24-14-4-2-1-3-5-14)19-18(15)16(8-9-22-19)23-12-10-21-11-13-23/h1-9,21H,10-13H2. The lowest BCUT2D eigenvalue weighted by Gasteiger charge is -2.30. The molecule has 0 radical (unpaired) electrons. The van der Waals surface area contributed by atoms with Gasteiger partial charge in [-0.3, -0.25) is 4.98 Å². The zero-order valence-corrected chi connectivity index (χ0v) is 14.0. The van der Waals surface area contributed by atoms with Gasteiger partial charge in [-0.1, -0.05) is 29.8 Å². The van der Waals surface area contributed by atoms with E-state index in [-0.39, 0.29) is 0 Å². The minimum absolute atomic E-state index is 0.701. The molecule has 122 valence electrons. The third-order valence-electron chi connectivity index (χ3n) is 4.21.